The second kappa shape index (κ2) is 10.6. The molecule has 0 radical (unpaired) electrons. The van der Waals surface area contributed by atoms with Gasteiger partial charge in [0.15, 0.2) is 0 Å². The van der Waals surface area contributed by atoms with Crippen molar-refractivity contribution in [2.24, 2.45) is 0 Å². The van der Waals surface area contributed by atoms with Crippen molar-refractivity contribution in [3.63, 3.8) is 0 Å². The molecule has 1 aliphatic rings. The highest BCUT2D eigenvalue weighted by molar-refractivity contribution is 5.99. The van der Waals surface area contributed by atoms with E-state index in [0.29, 0.717) is 6.54 Å². The van der Waals surface area contributed by atoms with Crippen molar-refractivity contribution in [1.82, 2.24) is 29.5 Å². The number of nitrogens with zero attached hydrogens (tertiary/aromatic N) is 5. The number of pyridine rings is 1. The summed E-state index contributed by atoms with van der Waals surface area (Å²) in [6, 6.07) is 18.3. The maximum Gasteiger partial charge on any atom is 0.321 e. The quantitative estimate of drug-likeness (QED) is 0.291. The van der Waals surface area contributed by atoms with Gasteiger partial charge in [0.1, 0.15) is 11.3 Å². The molecule has 0 fully saturated rings. The Hall–Kier alpha value is -4.92. The van der Waals surface area contributed by atoms with Crippen LogP contribution in [0.1, 0.15) is 25.0 Å². The van der Waals surface area contributed by atoms with Crippen LogP contribution in [0.4, 0.5) is 10.5 Å². The smallest absolute Gasteiger partial charge is 0.321 e. The van der Waals surface area contributed by atoms with Gasteiger partial charge in [0, 0.05) is 80.9 Å². The van der Waals surface area contributed by atoms with E-state index in [-0.39, 0.29) is 11.9 Å². The predicted molar refractivity (Wildman–Crippen MR) is 161 cm³/mol. The lowest BCUT2D eigenvalue weighted by Gasteiger charge is -2.28. The molecule has 208 valence electrons. The molecular formula is C32H33N7O2. The van der Waals surface area contributed by atoms with Crippen molar-refractivity contribution < 1.29 is 9.59 Å². The van der Waals surface area contributed by atoms with Gasteiger partial charge in [-0.25, -0.2) is 9.78 Å². The maximum absolute atomic E-state index is 12.1. The zero-order valence-corrected chi connectivity index (χ0v) is 23.7. The summed E-state index contributed by atoms with van der Waals surface area (Å²) in [6.45, 7) is 5.84. The molecule has 0 spiro atoms. The first-order valence-corrected chi connectivity index (χ1v) is 13.8. The van der Waals surface area contributed by atoms with Crippen LogP contribution in [0.15, 0.2) is 67.0 Å². The van der Waals surface area contributed by atoms with E-state index in [1.165, 1.54) is 16.0 Å². The average Bonchev–Trinajstić information content (AvgIpc) is 3.62. The Morgan fingerprint density at radius 1 is 1.00 bits per heavy atom. The zero-order chi connectivity index (χ0) is 28.7. The fraction of sp³-hybridized carbons (Fsp3) is 0.250. The minimum Gasteiger partial charge on any atom is -0.339 e. The number of carbonyl (C=O) groups is 2. The monoisotopic (exact) mass is 547 g/mol. The molecule has 4 heterocycles. The number of benzene rings is 2. The number of aromatic nitrogens is 4. The fourth-order valence-corrected chi connectivity index (χ4v) is 5.35. The van der Waals surface area contributed by atoms with E-state index in [0.717, 1.165) is 69.9 Å². The van der Waals surface area contributed by atoms with Crippen LogP contribution in [0.5, 0.6) is 0 Å². The summed E-state index contributed by atoms with van der Waals surface area (Å²) in [5.41, 5.74) is 9.93. The summed E-state index contributed by atoms with van der Waals surface area (Å²) in [5, 5.41) is 8.79. The van der Waals surface area contributed by atoms with E-state index in [9.17, 15) is 9.59 Å². The van der Waals surface area contributed by atoms with Crippen LogP contribution in [0, 0.1) is 0 Å². The molecule has 0 unspecified atom stereocenters. The number of fused-ring (bicyclic) bond motifs is 2. The third-order valence-corrected chi connectivity index (χ3v) is 7.70. The number of H-pyrrole nitrogens is 1. The Kier molecular flexibility index (Phi) is 6.78. The van der Waals surface area contributed by atoms with Crippen LogP contribution in [0.25, 0.3) is 44.7 Å². The molecule has 2 N–H and O–H groups in total. The molecule has 0 atom stereocenters. The molecule has 3 aromatic heterocycles. The van der Waals surface area contributed by atoms with Crippen molar-refractivity contribution >= 4 is 28.7 Å². The second-order valence-corrected chi connectivity index (χ2v) is 10.6. The van der Waals surface area contributed by atoms with Gasteiger partial charge in [-0.1, -0.05) is 24.3 Å². The number of rotatable bonds is 5. The number of hydrogen-bond donors (Lipinski definition) is 2. The Balaban J connectivity index is 1.38. The SMILES string of the molecule is CCn1cc(-c2ccnc3[nH]c(-c4ccc5c(c4)CN(C(C)=O)CC5)cc23)c(-c2ccc(NC(=O)N(C)C)cc2)n1. The predicted octanol–water partition coefficient (Wildman–Crippen LogP) is 5.78. The minimum atomic E-state index is -0.175. The van der Waals surface area contributed by atoms with Gasteiger partial charge in [-0.15, -0.1) is 0 Å². The normalized spacial score (nSPS) is 12.8. The molecule has 0 bridgehead atoms. The first-order chi connectivity index (χ1) is 19.8. The highest BCUT2D eigenvalue weighted by Gasteiger charge is 2.20. The summed E-state index contributed by atoms with van der Waals surface area (Å²) in [4.78, 5) is 35.6. The summed E-state index contributed by atoms with van der Waals surface area (Å²) in [5.74, 6) is 0.108. The van der Waals surface area contributed by atoms with E-state index in [2.05, 4.69) is 52.7 Å². The number of carbonyl (C=O) groups excluding carboxylic acids is 2. The Morgan fingerprint density at radius 2 is 1.78 bits per heavy atom. The molecule has 1 aliphatic heterocycles. The van der Waals surface area contributed by atoms with Gasteiger partial charge in [0.05, 0.1) is 0 Å². The number of amides is 3. The third kappa shape index (κ3) is 5.06. The Morgan fingerprint density at radius 3 is 2.51 bits per heavy atom. The lowest BCUT2D eigenvalue weighted by atomic mass is 9.96. The molecule has 41 heavy (non-hydrogen) atoms. The average molecular weight is 548 g/mol. The van der Waals surface area contributed by atoms with Crippen molar-refractivity contribution in [3.05, 3.63) is 78.1 Å². The number of anilines is 1. The summed E-state index contributed by atoms with van der Waals surface area (Å²) >= 11 is 0. The standard InChI is InChI=1S/C32H33N7O2/c1-5-39-19-28(30(36-39)22-8-10-25(11-9-22)34-32(41)37(3)4)26-12-14-33-31-27(26)17-29(35-31)23-7-6-21-13-15-38(20(2)40)18-24(21)16-23/h6-12,14,16-17,19H,5,13,15,18H2,1-4H3,(H,33,35)(H,34,41). The number of aromatic amines is 1. The van der Waals surface area contributed by atoms with E-state index < -0.39 is 0 Å². The number of hydrogen-bond acceptors (Lipinski definition) is 4. The first kappa shape index (κ1) is 26.3. The molecule has 0 saturated heterocycles. The molecule has 0 saturated carbocycles. The van der Waals surface area contributed by atoms with Crippen molar-refractivity contribution in [2.75, 3.05) is 26.0 Å². The Bertz CT molecular complexity index is 1760. The van der Waals surface area contributed by atoms with E-state index in [4.69, 9.17) is 5.10 Å². The highest BCUT2D eigenvalue weighted by Crippen LogP contribution is 2.37. The van der Waals surface area contributed by atoms with E-state index in [1.54, 1.807) is 21.0 Å². The maximum atomic E-state index is 12.1. The largest absolute Gasteiger partial charge is 0.339 e. The minimum absolute atomic E-state index is 0.108. The number of aryl methyl sites for hydroxylation is 1. The molecular weight excluding hydrogens is 514 g/mol. The van der Waals surface area contributed by atoms with Gasteiger partial charge >= 0.3 is 6.03 Å². The van der Waals surface area contributed by atoms with E-state index >= 15 is 0 Å². The van der Waals surface area contributed by atoms with E-state index in [1.807, 2.05) is 46.1 Å². The van der Waals surface area contributed by atoms with Gasteiger partial charge in [0.25, 0.3) is 0 Å². The molecule has 3 amide bonds. The number of nitrogens with one attached hydrogen (secondary N) is 2. The topological polar surface area (TPSA) is 99.2 Å². The lowest BCUT2D eigenvalue weighted by Crippen LogP contribution is -2.34. The fourth-order valence-electron chi connectivity index (χ4n) is 5.35. The van der Waals surface area contributed by atoms with Crippen molar-refractivity contribution in [2.45, 2.75) is 33.4 Å². The van der Waals surface area contributed by atoms with Crippen molar-refractivity contribution in [1.29, 1.82) is 0 Å². The van der Waals surface area contributed by atoms with Crippen molar-refractivity contribution in [3.8, 4) is 33.6 Å². The van der Waals surface area contributed by atoms with Crippen LogP contribution < -0.4 is 5.32 Å². The third-order valence-electron chi connectivity index (χ3n) is 7.70. The summed E-state index contributed by atoms with van der Waals surface area (Å²) in [7, 11) is 3.42. The zero-order valence-electron chi connectivity index (χ0n) is 23.7. The molecule has 6 rings (SSSR count). The molecule has 9 heteroatoms. The van der Waals surface area contributed by atoms with Crippen LogP contribution >= 0.6 is 0 Å². The number of urea groups is 1. The van der Waals surface area contributed by atoms with Gasteiger partial charge in [-0.05, 0) is 65.9 Å². The molecule has 9 nitrogen and oxygen atoms in total. The highest BCUT2D eigenvalue weighted by atomic mass is 16.2. The van der Waals surface area contributed by atoms with Crippen LogP contribution in [0.3, 0.4) is 0 Å². The van der Waals surface area contributed by atoms with Gasteiger partial charge < -0.3 is 20.1 Å². The van der Waals surface area contributed by atoms with Crippen LogP contribution in [-0.4, -0.2) is 62.1 Å². The molecule has 0 aliphatic carbocycles. The molecule has 5 aromatic rings. The van der Waals surface area contributed by atoms with Crippen LogP contribution in [0.2, 0.25) is 0 Å². The lowest BCUT2D eigenvalue weighted by molar-refractivity contribution is -0.129. The summed E-state index contributed by atoms with van der Waals surface area (Å²) in [6.07, 6.45) is 4.77. The van der Waals surface area contributed by atoms with Gasteiger partial charge in [-0.3, -0.25) is 9.48 Å². The van der Waals surface area contributed by atoms with Gasteiger partial charge in [-0.2, -0.15) is 5.10 Å². The Labute approximate surface area is 238 Å². The van der Waals surface area contributed by atoms with Gasteiger partial charge in [0.2, 0.25) is 5.91 Å². The second-order valence-electron chi connectivity index (χ2n) is 10.6. The van der Waals surface area contributed by atoms with Crippen LogP contribution in [-0.2, 0) is 24.3 Å². The summed E-state index contributed by atoms with van der Waals surface area (Å²) < 4.78 is 1.94. The molecule has 2 aromatic carbocycles. The first-order valence-electron chi connectivity index (χ1n) is 13.8.